The molecular formula is C26H32N2O6. The number of hydrogen-bond donors (Lipinski definition) is 0. The molecule has 0 bridgehead atoms. The van der Waals surface area contributed by atoms with E-state index in [1.807, 2.05) is 42.5 Å². The third-order valence-corrected chi connectivity index (χ3v) is 5.65. The second kappa shape index (κ2) is 12.7. The molecule has 0 aliphatic carbocycles. The van der Waals surface area contributed by atoms with Gasteiger partial charge in [-0.25, -0.2) is 4.79 Å². The van der Waals surface area contributed by atoms with E-state index >= 15 is 0 Å². The monoisotopic (exact) mass is 468 g/mol. The normalized spacial score (nSPS) is 14.8. The Morgan fingerprint density at radius 2 is 1.50 bits per heavy atom. The Kier molecular flexibility index (Phi) is 9.46. The standard InChI is InChI=1S/C26H32N2O6/c1-3-23(24(29)32-4-2)25(30)34-22-12-10-20(11-13-22)18-27-14-16-28(17-15-27)26(31)33-19-21-8-6-5-7-9-21/h5-13,23H,3-4,14-19H2,1-2H3. The summed E-state index contributed by atoms with van der Waals surface area (Å²) in [4.78, 5) is 40.5. The highest BCUT2D eigenvalue weighted by Crippen LogP contribution is 2.18. The summed E-state index contributed by atoms with van der Waals surface area (Å²) in [5.41, 5.74) is 2.03. The molecule has 8 heteroatoms. The van der Waals surface area contributed by atoms with Crippen LogP contribution in [0.25, 0.3) is 0 Å². The van der Waals surface area contributed by atoms with Crippen LogP contribution in [-0.2, 0) is 32.2 Å². The first kappa shape index (κ1) is 25.2. The molecule has 1 atom stereocenters. The predicted molar refractivity (Wildman–Crippen MR) is 126 cm³/mol. The predicted octanol–water partition coefficient (Wildman–Crippen LogP) is 3.64. The van der Waals surface area contributed by atoms with E-state index in [1.54, 1.807) is 30.9 Å². The fourth-order valence-electron chi connectivity index (χ4n) is 3.68. The Morgan fingerprint density at radius 1 is 0.824 bits per heavy atom. The van der Waals surface area contributed by atoms with Gasteiger partial charge in [-0.05, 0) is 36.6 Å². The van der Waals surface area contributed by atoms with Gasteiger partial charge in [-0.2, -0.15) is 0 Å². The van der Waals surface area contributed by atoms with Crippen LogP contribution in [0, 0.1) is 5.92 Å². The summed E-state index contributed by atoms with van der Waals surface area (Å²) >= 11 is 0. The molecule has 8 nitrogen and oxygen atoms in total. The van der Waals surface area contributed by atoms with Gasteiger partial charge in [-0.1, -0.05) is 49.4 Å². The molecule has 1 heterocycles. The fourth-order valence-corrected chi connectivity index (χ4v) is 3.68. The maximum Gasteiger partial charge on any atom is 0.410 e. The molecule has 34 heavy (non-hydrogen) atoms. The molecule has 0 saturated carbocycles. The molecule has 0 N–H and O–H groups in total. The highest BCUT2D eigenvalue weighted by atomic mass is 16.6. The Bertz CT molecular complexity index is 940. The smallest absolute Gasteiger partial charge is 0.410 e. The van der Waals surface area contributed by atoms with Gasteiger partial charge >= 0.3 is 18.0 Å². The maximum atomic E-state index is 12.3. The van der Waals surface area contributed by atoms with Crippen molar-refractivity contribution in [3.63, 3.8) is 0 Å². The minimum absolute atomic E-state index is 0.223. The van der Waals surface area contributed by atoms with Gasteiger partial charge < -0.3 is 19.1 Å². The second-order valence-electron chi connectivity index (χ2n) is 8.08. The first-order valence-corrected chi connectivity index (χ1v) is 11.6. The number of carbonyl (C=O) groups excluding carboxylic acids is 3. The number of benzene rings is 2. The third kappa shape index (κ3) is 7.31. The van der Waals surface area contributed by atoms with E-state index in [0.29, 0.717) is 25.3 Å². The van der Waals surface area contributed by atoms with E-state index in [4.69, 9.17) is 14.2 Å². The lowest BCUT2D eigenvalue weighted by Crippen LogP contribution is -2.48. The molecule has 1 fully saturated rings. The highest BCUT2D eigenvalue weighted by molar-refractivity contribution is 5.95. The molecule has 0 aromatic heterocycles. The highest BCUT2D eigenvalue weighted by Gasteiger charge is 2.28. The topological polar surface area (TPSA) is 85.4 Å². The van der Waals surface area contributed by atoms with Crippen molar-refractivity contribution in [1.82, 2.24) is 9.80 Å². The van der Waals surface area contributed by atoms with Crippen molar-refractivity contribution in [3.8, 4) is 5.75 Å². The summed E-state index contributed by atoms with van der Waals surface area (Å²) in [5, 5.41) is 0. The van der Waals surface area contributed by atoms with Crippen LogP contribution in [0.5, 0.6) is 5.75 Å². The quantitative estimate of drug-likeness (QED) is 0.316. The molecule has 3 rings (SSSR count). The molecule has 1 amide bonds. The van der Waals surface area contributed by atoms with Gasteiger partial charge in [0.15, 0.2) is 5.92 Å². The SMILES string of the molecule is CCOC(=O)C(CC)C(=O)Oc1ccc(CN2CCN(C(=O)OCc3ccccc3)CC2)cc1. The van der Waals surface area contributed by atoms with Crippen LogP contribution in [-0.4, -0.2) is 60.6 Å². The molecule has 182 valence electrons. The number of nitrogens with zero attached hydrogens (tertiary/aromatic N) is 2. The van der Waals surface area contributed by atoms with Gasteiger partial charge in [0.1, 0.15) is 12.4 Å². The van der Waals surface area contributed by atoms with E-state index < -0.39 is 17.9 Å². The van der Waals surface area contributed by atoms with Crippen LogP contribution in [0.15, 0.2) is 54.6 Å². The summed E-state index contributed by atoms with van der Waals surface area (Å²) in [7, 11) is 0. The third-order valence-electron chi connectivity index (χ3n) is 5.65. The lowest BCUT2D eigenvalue weighted by atomic mass is 10.1. The molecule has 2 aromatic rings. The molecular weight excluding hydrogens is 436 g/mol. The average Bonchev–Trinajstić information content (AvgIpc) is 2.85. The van der Waals surface area contributed by atoms with Gasteiger partial charge in [0, 0.05) is 32.7 Å². The molecule has 1 saturated heterocycles. The Morgan fingerprint density at radius 3 is 2.12 bits per heavy atom. The van der Waals surface area contributed by atoms with Crippen LogP contribution in [0.3, 0.4) is 0 Å². The van der Waals surface area contributed by atoms with Crippen LogP contribution in [0.4, 0.5) is 4.79 Å². The largest absolute Gasteiger partial charge is 0.465 e. The van der Waals surface area contributed by atoms with Crippen molar-refractivity contribution in [2.45, 2.75) is 33.4 Å². The van der Waals surface area contributed by atoms with Crippen molar-refractivity contribution < 1.29 is 28.6 Å². The molecule has 0 radical (unpaired) electrons. The van der Waals surface area contributed by atoms with Crippen molar-refractivity contribution in [3.05, 3.63) is 65.7 Å². The number of ether oxygens (including phenoxy) is 3. The van der Waals surface area contributed by atoms with Gasteiger partial charge in [-0.15, -0.1) is 0 Å². The van der Waals surface area contributed by atoms with Crippen LogP contribution < -0.4 is 4.74 Å². The summed E-state index contributed by atoms with van der Waals surface area (Å²) < 4.78 is 15.7. The Labute approximate surface area is 200 Å². The number of piperazine rings is 1. The zero-order valence-corrected chi connectivity index (χ0v) is 19.8. The zero-order chi connectivity index (χ0) is 24.3. The molecule has 2 aromatic carbocycles. The van der Waals surface area contributed by atoms with Crippen molar-refractivity contribution in [1.29, 1.82) is 0 Å². The van der Waals surface area contributed by atoms with Crippen molar-refractivity contribution >= 4 is 18.0 Å². The van der Waals surface area contributed by atoms with Gasteiger partial charge in [0.05, 0.1) is 6.61 Å². The Balaban J connectivity index is 1.42. The van der Waals surface area contributed by atoms with Crippen molar-refractivity contribution in [2.75, 3.05) is 32.8 Å². The van der Waals surface area contributed by atoms with Crippen LogP contribution in [0.2, 0.25) is 0 Å². The lowest BCUT2D eigenvalue weighted by molar-refractivity contribution is -0.157. The number of carbonyl (C=O) groups is 3. The molecule has 1 aliphatic rings. The maximum absolute atomic E-state index is 12.3. The summed E-state index contributed by atoms with van der Waals surface area (Å²) in [6.07, 6.45) is 0.0320. The van der Waals surface area contributed by atoms with Gasteiger partial charge in [-0.3, -0.25) is 14.5 Å². The number of hydrogen-bond acceptors (Lipinski definition) is 7. The molecule has 0 spiro atoms. The van der Waals surface area contributed by atoms with Gasteiger partial charge in [0.2, 0.25) is 0 Å². The minimum atomic E-state index is -0.921. The van der Waals surface area contributed by atoms with Gasteiger partial charge in [0.25, 0.3) is 0 Å². The van der Waals surface area contributed by atoms with E-state index in [0.717, 1.165) is 30.8 Å². The van der Waals surface area contributed by atoms with Crippen LogP contribution in [0.1, 0.15) is 31.4 Å². The minimum Gasteiger partial charge on any atom is -0.465 e. The lowest BCUT2D eigenvalue weighted by Gasteiger charge is -2.34. The first-order valence-electron chi connectivity index (χ1n) is 11.6. The molecule has 1 aliphatic heterocycles. The van der Waals surface area contributed by atoms with E-state index in [1.165, 1.54) is 0 Å². The van der Waals surface area contributed by atoms with E-state index in [-0.39, 0.29) is 19.3 Å². The summed E-state index contributed by atoms with van der Waals surface area (Å²) in [5.74, 6) is -1.70. The number of amides is 1. The Hall–Kier alpha value is -3.39. The van der Waals surface area contributed by atoms with E-state index in [9.17, 15) is 14.4 Å². The second-order valence-corrected chi connectivity index (χ2v) is 8.08. The number of rotatable bonds is 9. The first-order chi connectivity index (χ1) is 16.5. The summed E-state index contributed by atoms with van der Waals surface area (Å²) in [6, 6.07) is 16.9. The average molecular weight is 469 g/mol. The molecule has 1 unspecified atom stereocenters. The van der Waals surface area contributed by atoms with E-state index in [2.05, 4.69) is 4.90 Å². The fraction of sp³-hybridized carbons (Fsp3) is 0.423. The number of esters is 2. The zero-order valence-electron chi connectivity index (χ0n) is 19.8. The summed E-state index contributed by atoms with van der Waals surface area (Å²) in [6.45, 7) is 7.37. The van der Waals surface area contributed by atoms with Crippen molar-refractivity contribution in [2.24, 2.45) is 5.92 Å². The van der Waals surface area contributed by atoms with Crippen LogP contribution >= 0.6 is 0 Å².